The Balaban J connectivity index is 2.27. The van der Waals surface area contributed by atoms with Gasteiger partial charge in [0.25, 0.3) is 0 Å². The van der Waals surface area contributed by atoms with E-state index >= 15 is 0 Å². The maximum Gasteiger partial charge on any atom is 0.223 e. The molecule has 1 aliphatic rings. The van der Waals surface area contributed by atoms with Gasteiger partial charge < -0.3 is 16.2 Å². The van der Waals surface area contributed by atoms with Crippen molar-refractivity contribution in [1.29, 1.82) is 0 Å². The number of carbonyl (C=O) groups excluding carboxylic acids is 1. The van der Waals surface area contributed by atoms with E-state index in [9.17, 15) is 4.79 Å². The second kappa shape index (κ2) is 4.75. The zero-order chi connectivity index (χ0) is 10.6. The fraction of sp³-hybridized carbons (Fsp3) is 0.900. The molecule has 4 heteroatoms. The third kappa shape index (κ3) is 2.96. The minimum atomic E-state index is -0.284. The van der Waals surface area contributed by atoms with Crippen molar-refractivity contribution in [3.63, 3.8) is 0 Å². The molecule has 0 aliphatic heterocycles. The van der Waals surface area contributed by atoms with Gasteiger partial charge in [0, 0.05) is 5.92 Å². The molecule has 1 amide bonds. The SMILES string of the molecule is CC(CCCN)C(=O)NC1(CO)CC1. The number of carbonyl (C=O) groups is 1. The van der Waals surface area contributed by atoms with E-state index in [0.717, 1.165) is 25.7 Å². The van der Waals surface area contributed by atoms with Crippen LogP contribution in [0.1, 0.15) is 32.6 Å². The van der Waals surface area contributed by atoms with Crippen molar-refractivity contribution in [2.75, 3.05) is 13.2 Å². The van der Waals surface area contributed by atoms with Crippen LogP contribution >= 0.6 is 0 Å². The summed E-state index contributed by atoms with van der Waals surface area (Å²) in [5.74, 6) is 0.0487. The van der Waals surface area contributed by atoms with Crippen LogP contribution in [0.2, 0.25) is 0 Å². The Hall–Kier alpha value is -0.610. The van der Waals surface area contributed by atoms with Crippen LogP contribution < -0.4 is 11.1 Å². The van der Waals surface area contributed by atoms with E-state index in [-0.39, 0.29) is 24.0 Å². The van der Waals surface area contributed by atoms with Crippen LogP contribution in [0.25, 0.3) is 0 Å². The second-order valence-electron chi connectivity index (χ2n) is 4.26. The third-order valence-corrected chi connectivity index (χ3v) is 2.83. The number of amides is 1. The summed E-state index contributed by atoms with van der Waals surface area (Å²) in [6.45, 7) is 2.59. The van der Waals surface area contributed by atoms with Crippen LogP contribution in [0.3, 0.4) is 0 Å². The van der Waals surface area contributed by atoms with Gasteiger partial charge >= 0.3 is 0 Å². The Kier molecular flexibility index (Phi) is 3.89. The van der Waals surface area contributed by atoms with Gasteiger partial charge in [0.2, 0.25) is 5.91 Å². The first-order chi connectivity index (χ1) is 6.63. The van der Waals surface area contributed by atoms with Crippen LogP contribution in [0.5, 0.6) is 0 Å². The minimum absolute atomic E-state index is 0.00238. The molecule has 0 aromatic heterocycles. The molecule has 1 unspecified atom stereocenters. The number of aliphatic hydroxyl groups excluding tert-OH is 1. The lowest BCUT2D eigenvalue weighted by atomic mass is 10.0. The van der Waals surface area contributed by atoms with Crippen molar-refractivity contribution >= 4 is 5.91 Å². The van der Waals surface area contributed by atoms with E-state index in [0.29, 0.717) is 6.54 Å². The summed E-state index contributed by atoms with van der Waals surface area (Å²) in [5.41, 5.74) is 5.09. The zero-order valence-corrected chi connectivity index (χ0v) is 8.75. The molecule has 0 aromatic rings. The van der Waals surface area contributed by atoms with Gasteiger partial charge in [-0.2, -0.15) is 0 Å². The van der Waals surface area contributed by atoms with Gasteiger partial charge in [-0.1, -0.05) is 6.92 Å². The maximum atomic E-state index is 11.6. The van der Waals surface area contributed by atoms with E-state index in [4.69, 9.17) is 10.8 Å². The first-order valence-corrected chi connectivity index (χ1v) is 5.26. The molecule has 0 spiro atoms. The van der Waals surface area contributed by atoms with Crippen molar-refractivity contribution in [2.45, 2.75) is 38.1 Å². The van der Waals surface area contributed by atoms with Crippen molar-refractivity contribution in [2.24, 2.45) is 11.7 Å². The average molecular weight is 200 g/mol. The Morgan fingerprint density at radius 2 is 2.29 bits per heavy atom. The summed E-state index contributed by atoms with van der Waals surface area (Å²) >= 11 is 0. The lowest BCUT2D eigenvalue weighted by molar-refractivity contribution is -0.126. The van der Waals surface area contributed by atoms with E-state index in [2.05, 4.69) is 5.32 Å². The lowest BCUT2D eigenvalue weighted by Crippen LogP contribution is -2.42. The highest BCUT2D eigenvalue weighted by Crippen LogP contribution is 2.34. The quantitative estimate of drug-likeness (QED) is 0.565. The topological polar surface area (TPSA) is 75.4 Å². The first-order valence-electron chi connectivity index (χ1n) is 5.26. The van der Waals surface area contributed by atoms with Crippen LogP contribution in [0.4, 0.5) is 0 Å². The largest absolute Gasteiger partial charge is 0.394 e. The molecular formula is C10H20N2O2. The van der Waals surface area contributed by atoms with Crippen LogP contribution in [0.15, 0.2) is 0 Å². The summed E-state index contributed by atoms with van der Waals surface area (Å²) in [7, 11) is 0. The van der Waals surface area contributed by atoms with Gasteiger partial charge in [-0.3, -0.25) is 4.79 Å². The smallest absolute Gasteiger partial charge is 0.223 e. The fourth-order valence-electron chi connectivity index (χ4n) is 1.41. The van der Waals surface area contributed by atoms with Gasteiger partial charge in [0.05, 0.1) is 12.1 Å². The van der Waals surface area contributed by atoms with Crippen LogP contribution in [0, 0.1) is 5.92 Å². The Morgan fingerprint density at radius 3 is 2.71 bits per heavy atom. The molecule has 0 heterocycles. The summed E-state index contributed by atoms with van der Waals surface area (Å²) in [4.78, 5) is 11.6. The Morgan fingerprint density at radius 1 is 1.64 bits per heavy atom. The molecule has 1 rings (SSSR count). The predicted octanol–water partition coefficient (Wildman–Crippen LogP) is 0.00250. The normalized spacial score (nSPS) is 20.2. The molecular weight excluding hydrogens is 180 g/mol. The zero-order valence-electron chi connectivity index (χ0n) is 8.75. The highest BCUT2D eigenvalue weighted by atomic mass is 16.3. The van der Waals surface area contributed by atoms with E-state index in [1.807, 2.05) is 6.92 Å². The number of nitrogens with two attached hydrogens (primary N) is 1. The number of aliphatic hydroxyl groups is 1. The molecule has 0 bridgehead atoms. The molecule has 1 atom stereocenters. The standard InChI is InChI=1S/C10H20N2O2/c1-8(3-2-6-11)9(14)12-10(7-13)4-5-10/h8,13H,2-7,11H2,1H3,(H,12,14). The molecule has 0 radical (unpaired) electrons. The highest BCUT2D eigenvalue weighted by molar-refractivity contribution is 5.79. The van der Waals surface area contributed by atoms with Crippen LogP contribution in [-0.4, -0.2) is 29.7 Å². The molecule has 0 saturated heterocycles. The van der Waals surface area contributed by atoms with Crippen molar-refractivity contribution in [3.8, 4) is 0 Å². The van der Waals surface area contributed by atoms with Crippen molar-refractivity contribution in [1.82, 2.24) is 5.32 Å². The highest BCUT2D eigenvalue weighted by Gasteiger charge is 2.43. The summed E-state index contributed by atoms with van der Waals surface area (Å²) in [6, 6.07) is 0. The molecule has 1 aliphatic carbocycles. The molecule has 4 N–H and O–H groups in total. The maximum absolute atomic E-state index is 11.6. The summed E-state index contributed by atoms with van der Waals surface area (Å²) < 4.78 is 0. The lowest BCUT2D eigenvalue weighted by Gasteiger charge is -2.17. The first kappa shape index (κ1) is 11.5. The monoisotopic (exact) mass is 200 g/mol. The van der Waals surface area contributed by atoms with E-state index in [1.54, 1.807) is 0 Å². The summed E-state index contributed by atoms with van der Waals surface area (Å²) in [5, 5.41) is 11.9. The molecule has 1 fully saturated rings. The predicted molar refractivity (Wildman–Crippen MR) is 54.6 cm³/mol. The van der Waals surface area contributed by atoms with E-state index in [1.165, 1.54) is 0 Å². The van der Waals surface area contributed by atoms with Gasteiger partial charge in [-0.25, -0.2) is 0 Å². The van der Waals surface area contributed by atoms with Crippen molar-refractivity contribution in [3.05, 3.63) is 0 Å². The Labute approximate surface area is 84.9 Å². The number of hydrogen-bond donors (Lipinski definition) is 3. The van der Waals surface area contributed by atoms with Gasteiger partial charge in [-0.05, 0) is 32.2 Å². The molecule has 1 saturated carbocycles. The van der Waals surface area contributed by atoms with Gasteiger partial charge in [0.15, 0.2) is 0 Å². The van der Waals surface area contributed by atoms with Gasteiger partial charge in [-0.15, -0.1) is 0 Å². The molecule has 14 heavy (non-hydrogen) atoms. The minimum Gasteiger partial charge on any atom is -0.394 e. The van der Waals surface area contributed by atoms with Gasteiger partial charge in [0.1, 0.15) is 0 Å². The molecule has 82 valence electrons. The molecule has 0 aromatic carbocycles. The van der Waals surface area contributed by atoms with Crippen LogP contribution in [-0.2, 0) is 4.79 Å². The second-order valence-corrected chi connectivity index (χ2v) is 4.26. The third-order valence-electron chi connectivity index (χ3n) is 2.83. The number of rotatable bonds is 6. The Bertz CT molecular complexity index is 202. The number of nitrogens with one attached hydrogen (secondary N) is 1. The fourth-order valence-corrected chi connectivity index (χ4v) is 1.41. The van der Waals surface area contributed by atoms with E-state index < -0.39 is 0 Å². The average Bonchev–Trinajstić information content (AvgIpc) is 2.94. The number of hydrogen-bond acceptors (Lipinski definition) is 3. The van der Waals surface area contributed by atoms with Crippen molar-refractivity contribution < 1.29 is 9.90 Å². The molecule has 4 nitrogen and oxygen atoms in total. The summed E-state index contributed by atoms with van der Waals surface area (Å²) in [6.07, 6.45) is 3.50.